The van der Waals surface area contributed by atoms with Crippen molar-refractivity contribution in [3.63, 3.8) is 0 Å². The average molecular weight is 278 g/mol. The maximum Gasteiger partial charge on any atom is 0.326 e. The van der Waals surface area contributed by atoms with E-state index in [-0.39, 0.29) is 6.42 Å². The number of nitrogens with two attached hydrogens (primary N) is 1. The molecule has 0 saturated carbocycles. The highest BCUT2D eigenvalue weighted by molar-refractivity contribution is 5.87. The maximum absolute atomic E-state index is 12.0. The Labute approximate surface area is 119 Å². The molecule has 110 valence electrons. The lowest BCUT2D eigenvalue weighted by Crippen LogP contribution is -2.53. The number of hydrogen-bond donors (Lipinski definition) is 3. The zero-order chi connectivity index (χ0) is 15.3. The van der Waals surface area contributed by atoms with Gasteiger partial charge in [-0.1, -0.05) is 51.1 Å². The van der Waals surface area contributed by atoms with E-state index in [4.69, 9.17) is 5.73 Å². The summed E-state index contributed by atoms with van der Waals surface area (Å²) >= 11 is 0. The lowest BCUT2D eigenvalue weighted by Gasteiger charge is -2.27. The van der Waals surface area contributed by atoms with Gasteiger partial charge in [0.25, 0.3) is 0 Å². The largest absolute Gasteiger partial charge is 0.480 e. The Morgan fingerprint density at radius 1 is 1.25 bits per heavy atom. The smallest absolute Gasteiger partial charge is 0.326 e. The average Bonchev–Trinajstić information content (AvgIpc) is 2.37. The molecule has 0 saturated heterocycles. The quantitative estimate of drug-likeness (QED) is 0.754. The molecule has 0 heterocycles. The second-order valence-corrected chi connectivity index (χ2v) is 5.93. The monoisotopic (exact) mass is 278 g/mol. The molecule has 0 radical (unpaired) electrons. The third-order valence-corrected chi connectivity index (χ3v) is 3.11. The molecule has 1 aromatic carbocycles. The minimum Gasteiger partial charge on any atom is -0.480 e. The van der Waals surface area contributed by atoms with Crippen molar-refractivity contribution in [3.8, 4) is 0 Å². The fraction of sp³-hybridized carbons (Fsp3) is 0.467. The van der Waals surface area contributed by atoms with Crippen LogP contribution >= 0.6 is 0 Å². The number of benzene rings is 1. The van der Waals surface area contributed by atoms with E-state index in [1.165, 1.54) is 0 Å². The number of carboxylic acids is 1. The van der Waals surface area contributed by atoms with Gasteiger partial charge in [0.2, 0.25) is 5.91 Å². The van der Waals surface area contributed by atoms with Crippen LogP contribution in [0.5, 0.6) is 0 Å². The predicted molar refractivity (Wildman–Crippen MR) is 77.1 cm³/mol. The van der Waals surface area contributed by atoms with Crippen LogP contribution in [0.15, 0.2) is 30.3 Å². The first-order valence-corrected chi connectivity index (χ1v) is 6.54. The highest BCUT2D eigenvalue weighted by Crippen LogP contribution is 2.17. The molecule has 2 atom stereocenters. The molecule has 4 N–H and O–H groups in total. The molecule has 0 bridgehead atoms. The van der Waals surface area contributed by atoms with E-state index in [2.05, 4.69) is 5.32 Å². The third-order valence-electron chi connectivity index (χ3n) is 3.11. The van der Waals surface area contributed by atoms with Crippen molar-refractivity contribution in [1.82, 2.24) is 5.32 Å². The van der Waals surface area contributed by atoms with Gasteiger partial charge in [0.05, 0.1) is 6.04 Å². The summed E-state index contributed by atoms with van der Waals surface area (Å²) in [5, 5.41) is 11.7. The highest BCUT2D eigenvalue weighted by atomic mass is 16.4. The molecule has 0 aliphatic carbocycles. The summed E-state index contributed by atoms with van der Waals surface area (Å²) in [7, 11) is 0. The van der Waals surface area contributed by atoms with Crippen LogP contribution in [0.1, 0.15) is 26.3 Å². The van der Waals surface area contributed by atoms with E-state index in [0.29, 0.717) is 0 Å². The van der Waals surface area contributed by atoms with E-state index in [9.17, 15) is 14.7 Å². The van der Waals surface area contributed by atoms with Crippen LogP contribution in [-0.4, -0.2) is 29.1 Å². The standard InChI is InChI=1S/C15H22N2O3/c1-15(2,3)12(16)13(18)17-11(14(19)20)9-10-7-5-4-6-8-10/h4-8,11-12H,9,16H2,1-3H3,(H,17,18)(H,19,20)/t11-,12-/m0/s1. The zero-order valence-electron chi connectivity index (χ0n) is 12.1. The van der Waals surface area contributed by atoms with Crippen molar-refractivity contribution < 1.29 is 14.7 Å². The van der Waals surface area contributed by atoms with Crippen LogP contribution in [0.2, 0.25) is 0 Å². The number of rotatable bonds is 5. The third kappa shape index (κ3) is 4.66. The van der Waals surface area contributed by atoms with Crippen molar-refractivity contribution >= 4 is 11.9 Å². The Bertz CT molecular complexity index is 466. The van der Waals surface area contributed by atoms with E-state index in [0.717, 1.165) is 5.56 Å². The second-order valence-electron chi connectivity index (χ2n) is 5.93. The molecule has 20 heavy (non-hydrogen) atoms. The van der Waals surface area contributed by atoms with Crippen LogP contribution in [0.25, 0.3) is 0 Å². The first-order chi connectivity index (χ1) is 9.21. The van der Waals surface area contributed by atoms with Gasteiger partial charge in [-0.15, -0.1) is 0 Å². The Morgan fingerprint density at radius 3 is 2.25 bits per heavy atom. The summed E-state index contributed by atoms with van der Waals surface area (Å²) < 4.78 is 0. The topological polar surface area (TPSA) is 92.4 Å². The minimum absolute atomic E-state index is 0.235. The molecule has 5 heteroatoms. The Morgan fingerprint density at radius 2 is 1.80 bits per heavy atom. The number of carboxylic acid groups (broad SMARTS) is 1. The number of carbonyl (C=O) groups is 2. The fourth-order valence-electron chi connectivity index (χ4n) is 1.70. The predicted octanol–water partition coefficient (Wildman–Crippen LogP) is 1.17. The van der Waals surface area contributed by atoms with Crippen molar-refractivity contribution in [1.29, 1.82) is 0 Å². The molecule has 0 aliphatic heterocycles. The van der Waals surface area contributed by atoms with Crippen LogP contribution in [0.4, 0.5) is 0 Å². The molecular weight excluding hydrogens is 256 g/mol. The lowest BCUT2D eigenvalue weighted by molar-refractivity contribution is -0.142. The van der Waals surface area contributed by atoms with Crippen LogP contribution in [0.3, 0.4) is 0 Å². The summed E-state index contributed by atoms with van der Waals surface area (Å²) in [4.78, 5) is 23.3. The zero-order valence-corrected chi connectivity index (χ0v) is 12.1. The van der Waals surface area contributed by atoms with E-state index in [1.807, 2.05) is 51.1 Å². The van der Waals surface area contributed by atoms with Gasteiger partial charge in [-0.25, -0.2) is 4.79 Å². The molecule has 0 spiro atoms. The van der Waals surface area contributed by atoms with Gasteiger partial charge in [0.15, 0.2) is 0 Å². The second kappa shape index (κ2) is 6.52. The van der Waals surface area contributed by atoms with Gasteiger partial charge < -0.3 is 16.2 Å². The van der Waals surface area contributed by atoms with Gasteiger partial charge in [-0.2, -0.15) is 0 Å². The minimum atomic E-state index is -1.07. The number of nitrogens with one attached hydrogen (secondary N) is 1. The van der Waals surface area contributed by atoms with Crippen molar-refractivity contribution in [2.24, 2.45) is 11.1 Å². The van der Waals surface area contributed by atoms with Crippen LogP contribution < -0.4 is 11.1 Å². The van der Waals surface area contributed by atoms with Gasteiger partial charge in [0, 0.05) is 6.42 Å². The number of aliphatic carboxylic acids is 1. The van der Waals surface area contributed by atoms with Crippen LogP contribution in [-0.2, 0) is 16.0 Å². The first-order valence-electron chi connectivity index (χ1n) is 6.54. The Balaban J connectivity index is 2.74. The molecule has 5 nitrogen and oxygen atoms in total. The van der Waals surface area contributed by atoms with Gasteiger partial charge in [0.1, 0.15) is 6.04 Å². The first kappa shape index (κ1) is 16.2. The van der Waals surface area contributed by atoms with Crippen molar-refractivity contribution in [2.75, 3.05) is 0 Å². The lowest BCUT2D eigenvalue weighted by atomic mass is 9.86. The van der Waals surface area contributed by atoms with Crippen molar-refractivity contribution in [3.05, 3.63) is 35.9 Å². The van der Waals surface area contributed by atoms with E-state index in [1.54, 1.807) is 0 Å². The molecule has 0 fully saturated rings. The fourth-order valence-corrected chi connectivity index (χ4v) is 1.70. The molecule has 1 aromatic rings. The highest BCUT2D eigenvalue weighted by Gasteiger charge is 2.30. The molecule has 1 amide bonds. The summed E-state index contributed by atoms with van der Waals surface area (Å²) in [6.07, 6.45) is 0.235. The maximum atomic E-state index is 12.0. The molecule has 0 aromatic heterocycles. The summed E-state index contributed by atoms with van der Waals surface area (Å²) in [5.41, 5.74) is 6.27. The molecule has 0 aliphatic rings. The van der Waals surface area contributed by atoms with Gasteiger partial charge in [-0.05, 0) is 11.0 Å². The normalized spacial score (nSPS) is 14.4. The molecule has 0 unspecified atom stereocenters. The molecular formula is C15H22N2O3. The van der Waals surface area contributed by atoms with E-state index < -0.39 is 29.4 Å². The summed E-state index contributed by atoms with van der Waals surface area (Å²) in [6, 6.07) is 7.44. The van der Waals surface area contributed by atoms with E-state index >= 15 is 0 Å². The number of amides is 1. The Hall–Kier alpha value is -1.88. The number of hydrogen-bond acceptors (Lipinski definition) is 3. The van der Waals surface area contributed by atoms with Crippen molar-refractivity contribution in [2.45, 2.75) is 39.3 Å². The Kier molecular flexibility index (Phi) is 5.27. The van der Waals surface area contributed by atoms with Gasteiger partial charge in [-0.3, -0.25) is 4.79 Å². The van der Waals surface area contributed by atoms with Crippen LogP contribution in [0, 0.1) is 5.41 Å². The summed E-state index contributed by atoms with van der Waals surface area (Å²) in [6.45, 7) is 5.51. The van der Waals surface area contributed by atoms with Gasteiger partial charge >= 0.3 is 5.97 Å². The SMILES string of the molecule is CC(C)(C)[C@@H](N)C(=O)N[C@@H](Cc1ccccc1)C(=O)O. The summed E-state index contributed by atoms with van der Waals surface area (Å²) in [5.74, 6) is -1.51. The number of carbonyl (C=O) groups excluding carboxylic acids is 1. The molecule has 1 rings (SSSR count).